The van der Waals surface area contributed by atoms with Gasteiger partial charge in [0.2, 0.25) is 5.91 Å². The van der Waals surface area contributed by atoms with Crippen molar-refractivity contribution in [3.63, 3.8) is 0 Å². The first-order valence-corrected chi connectivity index (χ1v) is 6.76. The number of fused-ring (bicyclic) bond motifs is 1. The van der Waals surface area contributed by atoms with Gasteiger partial charge in [0.15, 0.2) is 5.75 Å². The predicted molar refractivity (Wildman–Crippen MR) is 79.3 cm³/mol. The molecule has 3 N–H and O–H groups in total. The second-order valence-electron chi connectivity index (χ2n) is 4.77. The number of benzene rings is 2. The molecule has 0 unspecified atom stereocenters. The zero-order valence-corrected chi connectivity index (χ0v) is 11.7. The molecular weight excluding hydrogens is 295 g/mol. The van der Waals surface area contributed by atoms with Gasteiger partial charge in [0, 0.05) is 24.2 Å². The van der Waals surface area contributed by atoms with Gasteiger partial charge in [-0.2, -0.15) is 0 Å². The van der Waals surface area contributed by atoms with Crippen molar-refractivity contribution in [3.8, 4) is 11.5 Å². The topological polar surface area (TPSA) is 64.3 Å². The zero-order valence-electron chi connectivity index (χ0n) is 11.0. The number of aryl methyl sites for hydroxylation is 1. The molecule has 4 nitrogen and oxygen atoms in total. The molecule has 0 aliphatic carbocycles. The van der Waals surface area contributed by atoms with E-state index in [1.807, 2.05) is 0 Å². The Morgan fingerprint density at radius 1 is 1.24 bits per heavy atom. The summed E-state index contributed by atoms with van der Waals surface area (Å²) in [5.41, 5.74) is 8.05. The SMILES string of the molecule is Nc1cc2c(cc1Oc1ccc(F)c(Cl)c1)NC(=O)CC2. The molecule has 0 saturated carbocycles. The largest absolute Gasteiger partial charge is 0.455 e. The summed E-state index contributed by atoms with van der Waals surface area (Å²) in [5.74, 6) is 0.201. The highest BCUT2D eigenvalue weighted by Crippen LogP contribution is 2.36. The first kappa shape index (κ1) is 13.7. The van der Waals surface area contributed by atoms with Gasteiger partial charge in [0.1, 0.15) is 11.6 Å². The fourth-order valence-electron chi connectivity index (χ4n) is 2.18. The number of halogens is 2. The average molecular weight is 307 g/mol. The summed E-state index contributed by atoms with van der Waals surface area (Å²) in [6.07, 6.45) is 1.09. The minimum absolute atomic E-state index is 0.0302. The molecular formula is C15H12ClFN2O2. The monoisotopic (exact) mass is 306 g/mol. The summed E-state index contributed by atoms with van der Waals surface area (Å²) in [7, 11) is 0. The van der Waals surface area contributed by atoms with Gasteiger partial charge >= 0.3 is 0 Å². The van der Waals surface area contributed by atoms with Crippen LogP contribution in [0.15, 0.2) is 30.3 Å². The Balaban J connectivity index is 1.93. The molecule has 2 aromatic rings. The summed E-state index contributed by atoms with van der Waals surface area (Å²) in [6, 6.07) is 7.48. The zero-order chi connectivity index (χ0) is 15.0. The third-order valence-corrected chi connectivity index (χ3v) is 3.54. The van der Waals surface area contributed by atoms with Crippen LogP contribution in [0.2, 0.25) is 5.02 Å². The molecule has 2 aromatic carbocycles. The Bertz CT molecular complexity index is 734. The second kappa shape index (κ2) is 5.26. The number of amides is 1. The maximum Gasteiger partial charge on any atom is 0.224 e. The Kier molecular flexibility index (Phi) is 3.43. The molecule has 6 heteroatoms. The first-order valence-electron chi connectivity index (χ1n) is 6.38. The van der Waals surface area contributed by atoms with E-state index in [1.165, 1.54) is 18.2 Å². The number of carbonyl (C=O) groups excluding carboxylic acids is 1. The lowest BCUT2D eigenvalue weighted by Gasteiger charge is -2.19. The summed E-state index contributed by atoms with van der Waals surface area (Å²) in [5, 5.41) is 2.74. The molecule has 0 radical (unpaired) electrons. The normalized spacial score (nSPS) is 13.5. The fourth-order valence-corrected chi connectivity index (χ4v) is 2.35. The Morgan fingerprint density at radius 3 is 2.81 bits per heavy atom. The molecule has 0 saturated heterocycles. The van der Waals surface area contributed by atoms with E-state index in [4.69, 9.17) is 22.1 Å². The van der Waals surface area contributed by atoms with Crippen LogP contribution in [0.25, 0.3) is 0 Å². The number of carbonyl (C=O) groups is 1. The lowest BCUT2D eigenvalue weighted by Crippen LogP contribution is -2.19. The van der Waals surface area contributed by atoms with Crippen molar-refractivity contribution < 1.29 is 13.9 Å². The van der Waals surface area contributed by atoms with Gasteiger partial charge in [0.05, 0.1) is 10.7 Å². The number of anilines is 2. The molecule has 1 heterocycles. The number of hydrogen-bond acceptors (Lipinski definition) is 3. The summed E-state index contributed by atoms with van der Waals surface area (Å²) < 4.78 is 18.7. The van der Waals surface area contributed by atoms with Crippen LogP contribution < -0.4 is 15.8 Å². The van der Waals surface area contributed by atoms with Crippen LogP contribution in [0.5, 0.6) is 11.5 Å². The quantitative estimate of drug-likeness (QED) is 0.831. The lowest BCUT2D eigenvalue weighted by molar-refractivity contribution is -0.116. The highest BCUT2D eigenvalue weighted by molar-refractivity contribution is 6.30. The van der Waals surface area contributed by atoms with E-state index < -0.39 is 5.82 Å². The molecule has 21 heavy (non-hydrogen) atoms. The van der Waals surface area contributed by atoms with Gasteiger partial charge in [-0.05, 0) is 30.2 Å². The molecule has 0 atom stereocenters. The second-order valence-corrected chi connectivity index (χ2v) is 5.18. The number of nitrogens with two attached hydrogens (primary N) is 1. The number of nitrogen functional groups attached to an aromatic ring is 1. The van der Waals surface area contributed by atoms with Gasteiger partial charge in [-0.3, -0.25) is 4.79 Å². The van der Waals surface area contributed by atoms with Crippen molar-refractivity contribution >= 4 is 28.9 Å². The van der Waals surface area contributed by atoms with E-state index in [0.717, 1.165) is 5.56 Å². The minimum atomic E-state index is -0.519. The van der Waals surface area contributed by atoms with Crippen LogP contribution in [0.1, 0.15) is 12.0 Å². The van der Waals surface area contributed by atoms with E-state index in [-0.39, 0.29) is 10.9 Å². The van der Waals surface area contributed by atoms with E-state index in [1.54, 1.807) is 12.1 Å². The number of ether oxygens (including phenoxy) is 1. The lowest BCUT2D eigenvalue weighted by atomic mass is 10.0. The van der Waals surface area contributed by atoms with E-state index >= 15 is 0 Å². The number of hydrogen-bond donors (Lipinski definition) is 2. The molecule has 1 aliphatic heterocycles. The standard InChI is InChI=1S/C15H12ClFN2O2/c16-10-6-9(2-3-11(10)17)21-14-7-13-8(5-12(14)18)1-4-15(20)19-13/h2-3,5-7H,1,4,18H2,(H,19,20). The first-order chi connectivity index (χ1) is 10.0. The van der Waals surface area contributed by atoms with Crippen LogP contribution in [0, 0.1) is 5.82 Å². The van der Waals surface area contributed by atoms with Crippen molar-refractivity contribution in [1.29, 1.82) is 0 Å². The van der Waals surface area contributed by atoms with Gasteiger partial charge in [-0.1, -0.05) is 11.6 Å². The van der Waals surface area contributed by atoms with Crippen LogP contribution in [0.3, 0.4) is 0 Å². The average Bonchev–Trinajstić information content (AvgIpc) is 2.44. The molecule has 108 valence electrons. The van der Waals surface area contributed by atoms with E-state index in [0.29, 0.717) is 35.7 Å². The Hall–Kier alpha value is -2.27. The van der Waals surface area contributed by atoms with Gasteiger partial charge in [-0.25, -0.2) is 4.39 Å². The molecule has 0 fully saturated rings. The van der Waals surface area contributed by atoms with Crippen molar-refractivity contribution in [2.45, 2.75) is 12.8 Å². The minimum Gasteiger partial charge on any atom is -0.455 e. The smallest absolute Gasteiger partial charge is 0.224 e. The summed E-state index contributed by atoms with van der Waals surface area (Å²) >= 11 is 5.71. The van der Waals surface area contributed by atoms with Crippen molar-refractivity contribution in [1.82, 2.24) is 0 Å². The van der Waals surface area contributed by atoms with Gasteiger partial charge < -0.3 is 15.8 Å². The number of nitrogens with one attached hydrogen (secondary N) is 1. The van der Waals surface area contributed by atoms with E-state index in [9.17, 15) is 9.18 Å². The molecule has 0 bridgehead atoms. The van der Waals surface area contributed by atoms with E-state index in [2.05, 4.69) is 5.32 Å². The van der Waals surface area contributed by atoms with Crippen LogP contribution >= 0.6 is 11.6 Å². The molecule has 0 aromatic heterocycles. The van der Waals surface area contributed by atoms with Gasteiger partial charge in [-0.15, -0.1) is 0 Å². The van der Waals surface area contributed by atoms with Crippen molar-refractivity contribution in [2.75, 3.05) is 11.1 Å². The Labute approximate surface area is 125 Å². The molecule has 3 rings (SSSR count). The molecule has 0 spiro atoms. The summed E-state index contributed by atoms with van der Waals surface area (Å²) in [6.45, 7) is 0. The third kappa shape index (κ3) is 2.78. The maximum atomic E-state index is 13.1. The van der Waals surface area contributed by atoms with Crippen LogP contribution in [-0.2, 0) is 11.2 Å². The van der Waals surface area contributed by atoms with Gasteiger partial charge in [0.25, 0.3) is 0 Å². The fraction of sp³-hybridized carbons (Fsp3) is 0.133. The van der Waals surface area contributed by atoms with Crippen LogP contribution in [0.4, 0.5) is 15.8 Å². The predicted octanol–water partition coefficient (Wildman–Crippen LogP) is 3.74. The number of rotatable bonds is 2. The van der Waals surface area contributed by atoms with Crippen molar-refractivity contribution in [3.05, 3.63) is 46.7 Å². The molecule has 1 aliphatic rings. The highest BCUT2D eigenvalue weighted by Gasteiger charge is 2.17. The highest BCUT2D eigenvalue weighted by atomic mass is 35.5. The van der Waals surface area contributed by atoms with Crippen molar-refractivity contribution in [2.24, 2.45) is 0 Å². The van der Waals surface area contributed by atoms with Crippen LogP contribution in [-0.4, -0.2) is 5.91 Å². The third-order valence-electron chi connectivity index (χ3n) is 3.25. The Morgan fingerprint density at radius 2 is 2.05 bits per heavy atom. The molecule has 1 amide bonds. The summed E-state index contributed by atoms with van der Waals surface area (Å²) in [4.78, 5) is 11.4. The maximum absolute atomic E-state index is 13.1.